The maximum Gasteiger partial charge on any atom is 0.310 e. The third-order valence-electron chi connectivity index (χ3n) is 4.13. The van der Waals surface area contributed by atoms with Gasteiger partial charge in [0.05, 0.1) is 13.0 Å². The van der Waals surface area contributed by atoms with Gasteiger partial charge in [-0.05, 0) is 48.8 Å². The van der Waals surface area contributed by atoms with E-state index in [2.05, 4.69) is 18.2 Å². The monoisotopic (exact) mass is 261 g/mol. The van der Waals surface area contributed by atoms with E-state index < -0.39 is 0 Å². The Kier molecular flexibility index (Phi) is 4.59. The largest absolute Gasteiger partial charge is 0.469 e. The van der Waals surface area contributed by atoms with Crippen LogP contribution in [0.2, 0.25) is 0 Å². The zero-order chi connectivity index (χ0) is 13.8. The molecule has 3 heteroatoms. The number of aryl methyl sites for hydroxylation is 2. The van der Waals surface area contributed by atoms with E-state index in [1.54, 1.807) is 0 Å². The summed E-state index contributed by atoms with van der Waals surface area (Å²) >= 11 is 0. The smallest absolute Gasteiger partial charge is 0.310 e. The van der Waals surface area contributed by atoms with Crippen LogP contribution in [-0.2, 0) is 22.4 Å². The molecule has 0 bridgehead atoms. The van der Waals surface area contributed by atoms with Crippen molar-refractivity contribution in [3.05, 3.63) is 34.9 Å². The number of carbonyl (C=O) groups is 1. The van der Waals surface area contributed by atoms with Crippen LogP contribution >= 0.6 is 0 Å². The van der Waals surface area contributed by atoms with Crippen molar-refractivity contribution < 1.29 is 9.53 Å². The van der Waals surface area contributed by atoms with Gasteiger partial charge in [-0.3, -0.25) is 4.79 Å². The predicted octanol–water partition coefficient (Wildman–Crippen LogP) is 2.76. The molecule has 2 rings (SSSR count). The van der Waals surface area contributed by atoms with Crippen molar-refractivity contribution in [2.75, 3.05) is 7.11 Å². The molecule has 3 nitrogen and oxygen atoms in total. The molecular formula is C16H23NO2. The topological polar surface area (TPSA) is 52.3 Å². The SMILES string of the molecule is CCC(C(=O)OC)C(N)c1ccc2c(c1)CCCC2. The highest BCUT2D eigenvalue weighted by Crippen LogP contribution is 2.28. The highest BCUT2D eigenvalue weighted by molar-refractivity contribution is 5.73. The minimum absolute atomic E-state index is 0.215. The summed E-state index contributed by atoms with van der Waals surface area (Å²) in [6.07, 6.45) is 5.52. The van der Waals surface area contributed by atoms with E-state index in [9.17, 15) is 4.79 Å². The molecule has 2 N–H and O–H groups in total. The second-order valence-corrected chi connectivity index (χ2v) is 5.30. The first-order valence-electron chi connectivity index (χ1n) is 7.12. The number of benzene rings is 1. The van der Waals surface area contributed by atoms with E-state index in [-0.39, 0.29) is 17.9 Å². The molecule has 0 saturated heterocycles. The first-order chi connectivity index (χ1) is 9.17. The summed E-state index contributed by atoms with van der Waals surface area (Å²) in [5, 5.41) is 0. The van der Waals surface area contributed by atoms with E-state index in [1.807, 2.05) is 6.92 Å². The van der Waals surface area contributed by atoms with Gasteiger partial charge in [0.25, 0.3) is 0 Å². The third-order valence-corrected chi connectivity index (χ3v) is 4.13. The Morgan fingerprint density at radius 2 is 2.00 bits per heavy atom. The van der Waals surface area contributed by atoms with E-state index in [4.69, 9.17) is 10.5 Å². The van der Waals surface area contributed by atoms with Gasteiger partial charge in [0.2, 0.25) is 0 Å². The Hall–Kier alpha value is -1.35. The highest BCUT2D eigenvalue weighted by Gasteiger charge is 2.26. The molecule has 0 spiro atoms. The minimum Gasteiger partial charge on any atom is -0.469 e. The number of esters is 1. The van der Waals surface area contributed by atoms with Crippen LogP contribution in [0, 0.1) is 5.92 Å². The molecule has 0 heterocycles. The molecule has 2 unspecified atom stereocenters. The molecule has 1 aliphatic carbocycles. The summed E-state index contributed by atoms with van der Waals surface area (Å²) in [5.41, 5.74) is 10.2. The summed E-state index contributed by atoms with van der Waals surface area (Å²) in [7, 11) is 1.42. The van der Waals surface area contributed by atoms with Gasteiger partial charge in [-0.25, -0.2) is 0 Å². The molecule has 0 fully saturated rings. The highest BCUT2D eigenvalue weighted by atomic mass is 16.5. The Morgan fingerprint density at radius 1 is 1.32 bits per heavy atom. The van der Waals surface area contributed by atoms with Crippen LogP contribution in [0.25, 0.3) is 0 Å². The van der Waals surface area contributed by atoms with Gasteiger partial charge >= 0.3 is 5.97 Å². The number of hydrogen-bond donors (Lipinski definition) is 1. The normalized spacial score (nSPS) is 17.4. The van der Waals surface area contributed by atoms with Crippen molar-refractivity contribution in [2.24, 2.45) is 11.7 Å². The van der Waals surface area contributed by atoms with Gasteiger partial charge in [0, 0.05) is 6.04 Å². The second-order valence-electron chi connectivity index (χ2n) is 5.30. The van der Waals surface area contributed by atoms with Gasteiger partial charge in [0.1, 0.15) is 0 Å². The Bertz CT molecular complexity index is 456. The molecule has 19 heavy (non-hydrogen) atoms. The lowest BCUT2D eigenvalue weighted by Crippen LogP contribution is -2.29. The van der Waals surface area contributed by atoms with Crippen LogP contribution in [0.4, 0.5) is 0 Å². The van der Waals surface area contributed by atoms with Crippen LogP contribution in [0.15, 0.2) is 18.2 Å². The number of carbonyl (C=O) groups excluding carboxylic acids is 1. The van der Waals surface area contributed by atoms with E-state index in [0.717, 1.165) is 12.0 Å². The first-order valence-corrected chi connectivity index (χ1v) is 7.12. The van der Waals surface area contributed by atoms with Gasteiger partial charge < -0.3 is 10.5 Å². The van der Waals surface area contributed by atoms with E-state index in [0.29, 0.717) is 6.42 Å². The van der Waals surface area contributed by atoms with Crippen LogP contribution in [0.5, 0.6) is 0 Å². The lowest BCUT2D eigenvalue weighted by atomic mass is 9.86. The zero-order valence-electron chi connectivity index (χ0n) is 11.8. The molecule has 0 amide bonds. The number of hydrogen-bond acceptors (Lipinski definition) is 3. The lowest BCUT2D eigenvalue weighted by Gasteiger charge is -2.23. The van der Waals surface area contributed by atoms with Crippen molar-refractivity contribution in [1.29, 1.82) is 0 Å². The van der Waals surface area contributed by atoms with Crippen molar-refractivity contribution in [3.63, 3.8) is 0 Å². The molecule has 104 valence electrons. The fourth-order valence-corrected chi connectivity index (χ4v) is 2.91. The van der Waals surface area contributed by atoms with Gasteiger partial charge in [0.15, 0.2) is 0 Å². The molecule has 1 aromatic rings. The average Bonchev–Trinajstić information content (AvgIpc) is 2.47. The summed E-state index contributed by atoms with van der Waals surface area (Å²) in [6.45, 7) is 1.97. The second kappa shape index (κ2) is 6.20. The van der Waals surface area contributed by atoms with Crippen LogP contribution in [0.3, 0.4) is 0 Å². The molecule has 0 aromatic heterocycles. The molecule has 0 radical (unpaired) electrons. The Labute approximate surface area is 115 Å². The zero-order valence-corrected chi connectivity index (χ0v) is 11.8. The number of nitrogens with two attached hydrogens (primary N) is 1. The maximum atomic E-state index is 11.7. The quantitative estimate of drug-likeness (QED) is 0.848. The summed E-state index contributed by atoms with van der Waals surface area (Å²) in [4.78, 5) is 11.7. The number of fused-ring (bicyclic) bond motifs is 1. The van der Waals surface area contributed by atoms with Crippen LogP contribution < -0.4 is 5.73 Å². The molecule has 1 aliphatic rings. The molecular weight excluding hydrogens is 238 g/mol. The van der Waals surface area contributed by atoms with Gasteiger partial charge in [-0.15, -0.1) is 0 Å². The van der Waals surface area contributed by atoms with Crippen molar-refractivity contribution in [2.45, 2.75) is 45.1 Å². The van der Waals surface area contributed by atoms with E-state index in [1.165, 1.54) is 37.5 Å². The summed E-state index contributed by atoms with van der Waals surface area (Å²) in [6, 6.07) is 6.16. The minimum atomic E-state index is -0.273. The van der Waals surface area contributed by atoms with Crippen molar-refractivity contribution >= 4 is 5.97 Å². The van der Waals surface area contributed by atoms with Gasteiger partial charge in [-0.2, -0.15) is 0 Å². The molecule has 2 atom stereocenters. The fraction of sp³-hybridized carbons (Fsp3) is 0.562. The first kappa shape index (κ1) is 14.1. The number of ether oxygens (including phenoxy) is 1. The number of rotatable bonds is 4. The Balaban J connectivity index is 2.23. The third kappa shape index (κ3) is 2.98. The average molecular weight is 261 g/mol. The predicted molar refractivity (Wildman–Crippen MR) is 75.8 cm³/mol. The molecule has 1 aromatic carbocycles. The lowest BCUT2D eigenvalue weighted by molar-refractivity contribution is -0.146. The summed E-state index contributed by atoms with van der Waals surface area (Å²) < 4.78 is 4.84. The number of methoxy groups -OCH3 is 1. The molecule has 0 saturated carbocycles. The Morgan fingerprint density at radius 3 is 2.63 bits per heavy atom. The van der Waals surface area contributed by atoms with Gasteiger partial charge in [-0.1, -0.05) is 25.1 Å². The fourth-order valence-electron chi connectivity index (χ4n) is 2.91. The van der Waals surface area contributed by atoms with Crippen molar-refractivity contribution in [3.8, 4) is 0 Å². The molecule has 0 aliphatic heterocycles. The maximum absolute atomic E-state index is 11.7. The van der Waals surface area contributed by atoms with Crippen molar-refractivity contribution in [1.82, 2.24) is 0 Å². The van der Waals surface area contributed by atoms with E-state index >= 15 is 0 Å². The summed E-state index contributed by atoms with van der Waals surface area (Å²) in [5.74, 6) is -0.473. The van der Waals surface area contributed by atoms with Crippen LogP contribution in [-0.4, -0.2) is 13.1 Å². The van der Waals surface area contributed by atoms with Crippen LogP contribution in [0.1, 0.15) is 48.9 Å². The standard InChI is InChI=1S/C16H23NO2/c1-3-14(16(18)19-2)15(17)13-9-8-11-6-4-5-7-12(11)10-13/h8-10,14-15H,3-7,17H2,1-2H3.